The molecular formula is C15H26IN3O3. The van der Waals surface area contributed by atoms with Crippen molar-refractivity contribution in [3.63, 3.8) is 0 Å². The second-order valence-corrected chi connectivity index (χ2v) is 4.54. The quantitative estimate of drug-likeness (QED) is 0.244. The lowest BCUT2D eigenvalue weighted by Crippen LogP contribution is -2.32. The van der Waals surface area contributed by atoms with Crippen LogP contribution < -0.4 is 20.5 Å². The Labute approximate surface area is 149 Å². The van der Waals surface area contributed by atoms with Gasteiger partial charge in [-0.05, 0) is 24.1 Å². The molecule has 1 aromatic rings. The van der Waals surface area contributed by atoms with Crippen molar-refractivity contribution in [3.05, 3.63) is 23.8 Å². The lowest BCUT2D eigenvalue weighted by Gasteiger charge is -2.11. The van der Waals surface area contributed by atoms with Gasteiger partial charge in [-0.3, -0.25) is 0 Å². The zero-order chi connectivity index (χ0) is 15.5. The summed E-state index contributed by atoms with van der Waals surface area (Å²) in [6.07, 6.45) is 2.19. The van der Waals surface area contributed by atoms with Gasteiger partial charge in [-0.1, -0.05) is 19.4 Å². The number of nitrogens with two attached hydrogens (primary N) is 1. The van der Waals surface area contributed by atoms with Gasteiger partial charge in [-0.15, -0.1) is 24.0 Å². The number of aliphatic imine (C=N–C) groups is 1. The van der Waals surface area contributed by atoms with Crippen LogP contribution in [-0.2, 0) is 6.54 Å². The number of unbranched alkanes of at least 4 members (excludes halogenated alkanes) is 1. The first-order valence-electron chi connectivity index (χ1n) is 7.15. The van der Waals surface area contributed by atoms with Crippen LogP contribution in [0.2, 0.25) is 0 Å². The fourth-order valence-electron chi connectivity index (χ4n) is 1.71. The maximum atomic E-state index is 8.78. The Morgan fingerprint density at radius 3 is 2.77 bits per heavy atom. The van der Waals surface area contributed by atoms with Gasteiger partial charge in [0, 0.05) is 6.54 Å². The standard InChI is InChI=1S/C15H25N3O3.HI/c1-3-4-7-17-15(16)18-11-12-5-6-13(21-9-8-19)14(10-12)20-2;/h5-6,10,19H,3-4,7-9,11H2,1-2H3,(H3,16,17,18);1H. The molecule has 0 unspecified atom stereocenters. The average molecular weight is 423 g/mol. The number of hydrogen-bond acceptors (Lipinski definition) is 4. The smallest absolute Gasteiger partial charge is 0.188 e. The summed E-state index contributed by atoms with van der Waals surface area (Å²) in [6.45, 7) is 3.64. The molecule has 0 amide bonds. The predicted octanol–water partition coefficient (Wildman–Crippen LogP) is 1.89. The largest absolute Gasteiger partial charge is 0.493 e. The number of guanidine groups is 1. The number of hydrogen-bond donors (Lipinski definition) is 3. The van der Waals surface area contributed by atoms with Crippen LogP contribution in [0.25, 0.3) is 0 Å². The van der Waals surface area contributed by atoms with Crippen LogP contribution in [0.4, 0.5) is 0 Å². The Kier molecular flexibility index (Phi) is 11.7. The summed E-state index contributed by atoms with van der Waals surface area (Å²) in [7, 11) is 1.58. The number of ether oxygens (including phenoxy) is 2. The summed E-state index contributed by atoms with van der Waals surface area (Å²) in [5, 5.41) is 11.8. The van der Waals surface area contributed by atoms with Gasteiger partial charge in [0.25, 0.3) is 0 Å². The maximum Gasteiger partial charge on any atom is 0.188 e. The summed E-state index contributed by atoms with van der Waals surface area (Å²) in [4.78, 5) is 4.28. The molecule has 0 atom stereocenters. The molecule has 4 N–H and O–H groups in total. The molecule has 0 bridgehead atoms. The monoisotopic (exact) mass is 423 g/mol. The number of nitrogens with one attached hydrogen (secondary N) is 1. The van der Waals surface area contributed by atoms with E-state index in [0.717, 1.165) is 24.9 Å². The minimum Gasteiger partial charge on any atom is -0.493 e. The molecule has 0 heterocycles. The highest BCUT2D eigenvalue weighted by molar-refractivity contribution is 14.0. The average Bonchev–Trinajstić information content (AvgIpc) is 2.51. The topological polar surface area (TPSA) is 89.1 Å². The summed E-state index contributed by atoms with van der Waals surface area (Å²) in [5.74, 6) is 1.67. The van der Waals surface area contributed by atoms with Crippen molar-refractivity contribution in [2.24, 2.45) is 10.7 Å². The molecule has 0 spiro atoms. The minimum atomic E-state index is -0.0326. The third kappa shape index (κ3) is 7.69. The van der Waals surface area contributed by atoms with Gasteiger partial charge in [-0.25, -0.2) is 4.99 Å². The summed E-state index contributed by atoms with van der Waals surface area (Å²) < 4.78 is 10.6. The summed E-state index contributed by atoms with van der Waals surface area (Å²) in [5.41, 5.74) is 6.76. The molecule has 0 fully saturated rings. The van der Waals surface area contributed by atoms with Crippen LogP contribution in [-0.4, -0.2) is 37.9 Å². The van der Waals surface area contributed by atoms with E-state index in [1.54, 1.807) is 13.2 Å². The van der Waals surface area contributed by atoms with Gasteiger partial charge in [0.1, 0.15) is 6.61 Å². The van der Waals surface area contributed by atoms with Gasteiger partial charge in [0.15, 0.2) is 17.5 Å². The third-order valence-electron chi connectivity index (χ3n) is 2.85. The highest BCUT2D eigenvalue weighted by atomic mass is 127. The first kappa shape index (κ1) is 20.8. The predicted molar refractivity (Wildman–Crippen MR) is 99.2 cm³/mol. The van der Waals surface area contributed by atoms with E-state index in [4.69, 9.17) is 20.3 Å². The Hall–Kier alpha value is -1.22. The second-order valence-electron chi connectivity index (χ2n) is 4.54. The van der Waals surface area contributed by atoms with E-state index >= 15 is 0 Å². The van der Waals surface area contributed by atoms with Crippen molar-refractivity contribution in [3.8, 4) is 11.5 Å². The van der Waals surface area contributed by atoms with E-state index in [0.29, 0.717) is 24.0 Å². The van der Waals surface area contributed by atoms with Crippen molar-refractivity contribution < 1.29 is 14.6 Å². The normalized spacial score (nSPS) is 10.8. The Bertz CT molecular complexity index is 456. The second kappa shape index (κ2) is 12.3. The van der Waals surface area contributed by atoms with Crippen molar-refractivity contribution in [1.29, 1.82) is 0 Å². The van der Waals surface area contributed by atoms with Crippen molar-refractivity contribution in [2.75, 3.05) is 26.9 Å². The molecule has 0 radical (unpaired) electrons. The van der Waals surface area contributed by atoms with Crippen LogP contribution in [0.3, 0.4) is 0 Å². The van der Waals surface area contributed by atoms with Gasteiger partial charge in [-0.2, -0.15) is 0 Å². The van der Waals surface area contributed by atoms with Crippen LogP contribution in [0.1, 0.15) is 25.3 Å². The van der Waals surface area contributed by atoms with Crippen LogP contribution in [0.15, 0.2) is 23.2 Å². The maximum absolute atomic E-state index is 8.78. The van der Waals surface area contributed by atoms with E-state index in [-0.39, 0.29) is 37.2 Å². The molecular weight excluding hydrogens is 397 g/mol. The molecule has 22 heavy (non-hydrogen) atoms. The number of aliphatic hydroxyl groups is 1. The molecule has 0 saturated heterocycles. The Morgan fingerprint density at radius 2 is 2.14 bits per heavy atom. The highest BCUT2D eigenvalue weighted by Crippen LogP contribution is 2.28. The van der Waals surface area contributed by atoms with Gasteiger partial charge in [0.05, 0.1) is 20.3 Å². The van der Waals surface area contributed by atoms with Crippen molar-refractivity contribution >= 4 is 29.9 Å². The van der Waals surface area contributed by atoms with Crippen molar-refractivity contribution in [1.82, 2.24) is 5.32 Å². The molecule has 1 rings (SSSR count). The highest BCUT2D eigenvalue weighted by Gasteiger charge is 2.05. The first-order chi connectivity index (χ1) is 10.2. The molecule has 126 valence electrons. The van der Waals surface area contributed by atoms with E-state index < -0.39 is 0 Å². The number of halogens is 1. The SMILES string of the molecule is CCCCNC(N)=NCc1ccc(OCCO)c(OC)c1.I. The van der Waals surface area contributed by atoms with Crippen LogP contribution >= 0.6 is 24.0 Å². The fraction of sp³-hybridized carbons (Fsp3) is 0.533. The minimum absolute atomic E-state index is 0. The number of rotatable bonds is 9. The van der Waals surface area contributed by atoms with Crippen LogP contribution in [0, 0.1) is 0 Å². The zero-order valence-electron chi connectivity index (χ0n) is 13.2. The molecule has 6 nitrogen and oxygen atoms in total. The number of benzene rings is 1. The van der Waals surface area contributed by atoms with Crippen LogP contribution in [0.5, 0.6) is 11.5 Å². The molecule has 1 aromatic carbocycles. The lowest BCUT2D eigenvalue weighted by atomic mass is 10.2. The van der Waals surface area contributed by atoms with E-state index in [1.165, 1.54) is 0 Å². The van der Waals surface area contributed by atoms with Gasteiger partial charge in [0.2, 0.25) is 0 Å². The number of nitrogens with zero attached hydrogens (tertiary/aromatic N) is 1. The fourth-order valence-corrected chi connectivity index (χ4v) is 1.71. The summed E-state index contributed by atoms with van der Waals surface area (Å²) in [6, 6.07) is 5.56. The molecule has 7 heteroatoms. The number of aliphatic hydroxyl groups excluding tert-OH is 1. The molecule has 0 aromatic heterocycles. The molecule has 0 aliphatic rings. The zero-order valence-corrected chi connectivity index (χ0v) is 15.5. The molecule has 0 aliphatic heterocycles. The molecule has 0 aliphatic carbocycles. The van der Waals surface area contributed by atoms with E-state index in [2.05, 4.69) is 17.2 Å². The Morgan fingerprint density at radius 1 is 1.36 bits per heavy atom. The van der Waals surface area contributed by atoms with Gasteiger partial charge >= 0.3 is 0 Å². The molecule has 0 saturated carbocycles. The summed E-state index contributed by atoms with van der Waals surface area (Å²) >= 11 is 0. The number of methoxy groups -OCH3 is 1. The van der Waals surface area contributed by atoms with E-state index in [1.807, 2.05) is 12.1 Å². The van der Waals surface area contributed by atoms with E-state index in [9.17, 15) is 0 Å². The lowest BCUT2D eigenvalue weighted by molar-refractivity contribution is 0.196. The first-order valence-corrected chi connectivity index (χ1v) is 7.15. The Balaban J connectivity index is 0.00000441. The van der Waals surface area contributed by atoms with Crippen molar-refractivity contribution in [2.45, 2.75) is 26.3 Å². The third-order valence-corrected chi connectivity index (χ3v) is 2.85. The van der Waals surface area contributed by atoms with Gasteiger partial charge < -0.3 is 25.6 Å².